The summed E-state index contributed by atoms with van der Waals surface area (Å²) in [4.78, 5) is 36.5. The highest BCUT2D eigenvalue weighted by atomic mass is 16.4. The molecule has 6 nitrogen and oxygen atoms in total. The van der Waals surface area contributed by atoms with Gasteiger partial charge in [0.25, 0.3) is 5.91 Å². The Bertz CT molecular complexity index is 326. The van der Waals surface area contributed by atoms with Gasteiger partial charge in [-0.25, -0.2) is 4.99 Å². The summed E-state index contributed by atoms with van der Waals surface area (Å²) in [7, 11) is 0. The van der Waals surface area contributed by atoms with Crippen molar-refractivity contribution in [3.8, 4) is 0 Å². The highest BCUT2D eigenvalue weighted by Crippen LogP contribution is 2.07. The van der Waals surface area contributed by atoms with Crippen molar-refractivity contribution in [2.24, 2.45) is 10.9 Å². The van der Waals surface area contributed by atoms with Gasteiger partial charge in [-0.05, 0) is 25.5 Å². The molecule has 0 bridgehead atoms. The smallest absolute Gasteiger partial charge is 0.303 e. The monoisotopic (exact) mass is 256 g/mol. The molecule has 102 valence electrons. The lowest BCUT2D eigenvalue weighted by Gasteiger charge is -2.17. The largest absolute Gasteiger partial charge is 0.481 e. The SMILES string of the molecule is C=NC(=O)[C@H](CC(C)C)NC(=O)CCCC(=O)O. The summed E-state index contributed by atoms with van der Waals surface area (Å²) in [5.74, 6) is -1.50. The summed E-state index contributed by atoms with van der Waals surface area (Å²) < 4.78 is 0. The Morgan fingerprint density at radius 3 is 2.33 bits per heavy atom. The second-order valence-corrected chi connectivity index (χ2v) is 4.49. The number of carbonyl (C=O) groups excluding carboxylic acids is 2. The number of aliphatic imine (C=N–C) groups is 1. The number of carboxylic acids is 1. The van der Waals surface area contributed by atoms with Gasteiger partial charge >= 0.3 is 5.97 Å². The molecule has 0 heterocycles. The number of rotatable bonds is 8. The molecule has 0 aromatic heterocycles. The molecule has 0 spiro atoms. The van der Waals surface area contributed by atoms with Gasteiger partial charge in [0.05, 0.1) is 0 Å². The quantitative estimate of drug-likeness (QED) is 0.633. The van der Waals surface area contributed by atoms with Gasteiger partial charge in [0, 0.05) is 12.8 Å². The third-order valence-corrected chi connectivity index (χ3v) is 2.29. The van der Waals surface area contributed by atoms with E-state index in [2.05, 4.69) is 17.0 Å². The fourth-order valence-corrected chi connectivity index (χ4v) is 1.47. The molecule has 2 N–H and O–H groups in total. The molecular weight excluding hydrogens is 236 g/mol. The number of carboxylic acid groups (broad SMARTS) is 1. The Hall–Kier alpha value is -1.72. The van der Waals surface area contributed by atoms with Gasteiger partial charge < -0.3 is 10.4 Å². The Kier molecular flexibility index (Phi) is 7.58. The number of carbonyl (C=O) groups is 3. The van der Waals surface area contributed by atoms with Crippen LogP contribution in [0, 0.1) is 5.92 Å². The highest BCUT2D eigenvalue weighted by Gasteiger charge is 2.20. The molecule has 0 unspecified atom stereocenters. The minimum Gasteiger partial charge on any atom is -0.481 e. The van der Waals surface area contributed by atoms with Crippen LogP contribution >= 0.6 is 0 Å². The Morgan fingerprint density at radius 2 is 1.89 bits per heavy atom. The Morgan fingerprint density at radius 1 is 1.28 bits per heavy atom. The maximum atomic E-state index is 11.5. The normalized spacial score (nSPS) is 11.9. The first-order valence-electron chi connectivity index (χ1n) is 5.88. The zero-order valence-electron chi connectivity index (χ0n) is 10.8. The molecule has 0 saturated heterocycles. The summed E-state index contributed by atoms with van der Waals surface area (Å²) in [5, 5.41) is 11.0. The molecule has 6 heteroatoms. The lowest BCUT2D eigenvalue weighted by molar-refractivity contribution is -0.137. The van der Waals surface area contributed by atoms with Crippen LogP contribution in [0.3, 0.4) is 0 Å². The molecule has 18 heavy (non-hydrogen) atoms. The van der Waals surface area contributed by atoms with E-state index in [0.717, 1.165) is 0 Å². The summed E-state index contributed by atoms with van der Waals surface area (Å²) in [6.45, 7) is 7.01. The van der Waals surface area contributed by atoms with Gasteiger partial charge in [-0.1, -0.05) is 13.8 Å². The molecule has 0 aromatic rings. The van der Waals surface area contributed by atoms with E-state index in [9.17, 15) is 14.4 Å². The number of amides is 2. The molecule has 0 aliphatic heterocycles. The maximum absolute atomic E-state index is 11.5. The zero-order chi connectivity index (χ0) is 14.1. The van der Waals surface area contributed by atoms with Crippen molar-refractivity contribution in [3.63, 3.8) is 0 Å². The van der Waals surface area contributed by atoms with Crippen LogP contribution in [0.1, 0.15) is 39.5 Å². The average Bonchev–Trinajstić information content (AvgIpc) is 2.25. The minimum absolute atomic E-state index is 0.0596. The Balaban J connectivity index is 4.22. The number of hydrogen-bond acceptors (Lipinski definition) is 3. The predicted molar refractivity (Wildman–Crippen MR) is 67.4 cm³/mol. The van der Waals surface area contributed by atoms with Crippen LogP contribution in [0.15, 0.2) is 4.99 Å². The predicted octanol–water partition coefficient (Wildman–Crippen LogP) is 0.999. The minimum atomic E-state index is -0.939. The molecule has 0 radical (unpaired) electrons. The highest BCUT2D eigenvalue weighted by molar-refractivity contribution is 5.90. The van der Waals surface area contributed by atoms with Crippen LogP contribution < -0.4 is 5.32 Å². The van der Waals surface area contributed by atoms with Crippen molar-refractivity contribution >= 4 is 24.5 Å². The van der Waals surface area contributed by atoms with Gasteiger partial charge in [0.15, 0.2) is 0 Å². The lowest BCUT2D eigenvalue weighted by Crippen LogP contribution is -2.40. The van der Waals surface area contributed by atoms with Crippen molar-refractivity contribution < 1.29 is 19.5 Å². The second kappa shape index (κ2) is 8.38. The van der Waals surface area contributed by atoms with Crippen LogP contribution in [0.4, 0.5) is 0 Å². The van der Waals surface area contributed by atoms with Gasteiger partial charge in [0.1, 0.15) is 6.04 Å². The Labute approximate surface area is 106 Å². The van der Waals surface area contributed by atoms with Crippen LogP contribution in [-0.2, 0) is 14.4 Å². The van der Waals surface area contributed by atoms with E-state index in [4.69, 9.17) is 5.11 Å². The van der Waals surface area contributed by atoms with E-state index >= 15 is 0 Å². The van der Waals surface area contributed by atoms with Crippen molar-refractivity contribution in [1.82, 2.24) is 5.32 Å². The van der Waals surface area contributed by atoms with Gasteiger partial charge in [-0.3, -0.25) is 14.4 Å². The molecule has 0 saturated carbocycles. The van der Waals surface area contributed by atoms with Gasteiger partial charge in [-0.15, -0.1) is 0 Å². The van der Waals surface area contributed by atoms with E-state index in [1.54, 1.807) is 0 Å². The van der Waals surface area contributed by atoms with E-state index in [0.29, 0.717) is 6.42 Å². The molecule has 0 aliphatic rings. The number of nitrogens with one attached hydrogen (secondary N) is 1. The third kappa shape index (κ3) is 7.54. The standard InChI is InChI=1S/C12H20N2O4/c1-8(2)7-9(12(18)13-3)14-10(15)5-4-6-11(16)17/h8-9H,3-7H2,1-2H3,(H,14,15)(H,16,17)/t9-/m0/s1. The van der Waals surface area contributed by atoms with Crippen LogP contribution in [0.25, 0.3) is 0 Å². The van der Waals surface area contributed by atoms with Crippen molar-refractivity contribution in [2.75, 3.05) is 0 Å². The second-order valence-electron chi connectivity index (χ2n) is 4.49. The number of nitrogens with zero attached hydrogens (tertiary/aromatic N) is 1. The molecule has 1 atom stereocenters. The van der Waals surface area contributed by atoms with Crippen LogP contribution in [-0.4, -0.2) is 35.6 Å². The molecule has 2 amide bonds. The van der Waals surface area contributed by atoms with Gasteiger partial charge in [0.2, 0.25) is 5.91 Å². The average molecular weight is 256 g/mol. The summed E-state index contributed by atoms with van der Waals surface area (Å²) in [6, 6.07) is -0.667. The lowest BCUT2D eigenvalue weighted by atomic mass is 10.0. The van der Waals surface area contributed by atoms with Crippen LogP contribution in [0.2, 0.25) is 0 Å². The van der Waals surface area contributed by atoms with E-state index in [1.807, 2.05) is 13.8 Å². The van der Waals surface area contributed by atoms with E-state index < -0.39 is 17.9 Å². The molecule has 0 rings (SSSR count). The number of aliphatic carboxylic acids is 1. The van der Waals surface area contributed by atoms with E-state index in [-0.39, 0.29) is 31.1 Å². The summed E-state index contributed by atoms with van der Waals surface area (Å²) >= 11 is 0. The summed E-state index contributed by atoms with van der Waals surface area (Å²) in [6.07, 6.45) is 0.773. The molecular formula is C12H20N2O4. The fourth-order valence-electron chi connectivity index (χ4n) is 1.47. The summed E-state index contributed by atoms with van der Waals surface area (Å²) in [5.41, 5.74) is 0. The topological polar surface area (TPSA) is 95.8 Å². The molecule has 0 fully saturated rings. The van der Waals surface area contributed by atoms with Crippen molar-refractivity contribution in [1.29, 1.82) is 0 Å². The van der Waals surface area contributed by atoms with Crippen molar-refractivity contribution in [3.05, 3.63) is 0 Å². The third-order valence-electron chi connectivity index (χ3n) is 2.29. The molecule has 0 aliphatic carbocycles. The maximum Gasteiger partial charge on any atom is 0.303 e. The van der Waals surface area contributed by atoms with E-state index in [1.165, 1.54) is 0 Å². The molecule has 0 aromatic carbocycles. The zero-order valence-corrected chi connectivity index (χ0v) is 10.8. The van der Waals surface area contributed by atoms with Gasteiger partial charge in [-0.2, -0.15) is 0 Å². The first kappa shape index (κ1) is 16.3. The number of hydrogen-bond donors (Lipinski definition) is 2. The van der Waals surface area contributed by atoms with Crippen LogP contribution in [0.5, 0.6) is 0 Å². The first-order valence-corrected chi connectivity index (χ1v) is 5.88. The fraction of sp³-hybridized carbons (Fsp3) is 0.667. The first-order chi connectivity index (χ1) is 8.36. The van der Waals surface area contributed by atoms with Crippen molar-refractivity contribution in [2.45, 2.75) is 45.6 Å².